The van der Waals surface area contributed by atoms with Gasteiger partial charge in [-0.3, -0.25) is 14.8 Å². The Hall–Kier alpha value is -3.29. The summed E-state index contributed by atoms with van der Waals surface area (Å²) in [7, 11) is 0. The second-order valence-corrected chi connectivity index (χ2v) is 4.38. The SMILES string of the molecule is O=c1[nH]c(Nc2cnc3ccccc3n2)nc2nc[nH]c12. The number of H-pyrrole nitrogens is 2. The van der Waals surface area contributed by atoms with Crippen LogP contribution in [0.3, 0.4) is 0 Å². The van der Waals surface area contributed by atoms with Gasteiger partial charge in [-0.1, -0.05) is 12.1 Å². The van der Waals surface area contributed by atoms with Gasteiger partial charge >= 0.3 is 0 Å². The maximum atomic E-state index is 11.8. The van der Waals surface area contributed by atoms with Crippen molar-refractivity contribution < 1.29 is 0 Å². The fourth-order valence-corrected chi connectivity index (χ4v) is 2.04. The Kier molecular flexibility index (Phi) is 2.40. The molecule has 102 valence electrons. The fourth-order valence-electron chi connectivity index (χ4n) is 2.04. The van der Waals surface area contributed by atoms with Gasteiger partial charge in [-0.2, -0.15) is 4.98 Å². The van der Waals surface area contributed by atoms with Crippen LogP contribution in [-0.2, 0) is 0 Å². The van der Waals surface area contributed by atoms with Crippen LogP contribution in [0, 0.1) is 0 Å². The average Bonchev–Trinajstić information content (AvgIpc) is 2.96. The van der Waals surface area contributed by atoms with Gasteiger partial charge in [0.1, 0.15) is 0 Å². The van der Waals surface area contributed by atoms with Gasteiger partial charge in [-0.25, -0.2) is 9.97 Å². The second-order valence-electron chi connectivity index (χ2n) is 4.38. The van der Waals surface area contributed by atoms with Crippen molar-refractivity contribution in [2.24, 2.45) is 0 Å². The van der Waals surface area contributed by atoms with Gasteiger partial charge in [0.2, 0.25) is 5.95 Å². The Labute approximate surface area is 117 Å². The third kappa shape index (κ3) is 1.98. The van der Waals surface area contributed by atoms with Gasteiger partial charge < -0.3 is 10.3 Å². The molecular formula is C13H9N7O. The molecule has 0 aliphatic carbocycles. The minimum atomic E-state index is -0.297. The van der Waals surface area contributed by atoms with Crippen molar-refractivity contribution in [2.75, 3.05) is 5.32 Å². The molecule has 0 atom stereocenters. The molecule has 3 N–H and O–H groups in total. The highest BCUT2D eigenvalue weighted by Gasteiger charge is 2.07. The Morgan fingerprint density at radius 2 is 1.90 bits per heavy atom. The summed E-state index contributed by atoms with van der Waals surface area (Å²) < 4.78 is 0. The molecule has 3 heterocycles. The lowest BCUT2D eigenvalue weighted by atomic mass is 10.3. The quantitative estimate of drug-likeness (QED) is 0.510. The molecule has 21 heavy (non-hydrogen) atoms. The van der Waals surface area contributed by atoms with Crippen LogP contribution in [-0.4, -0.2) is 29.9 Å². The Balaban J connectivity index is 1.76. The standard InChI is InChI=1S/C13H9N7O/c21-12-10-11(16-6-15-10)19-13(20-12)18-9-5-14-7-3-1-2-4-8(7)17-9/h1-6H,(H3,15,16,17,18,19,20,21). The first kappa shape index (κ1) is 11.5. The van der Waals surface area contributed by atoms with Crippen LogP contribution >= 0.6 is 0 Å². The van der Waals surface area contributed by atoms with Crippen LogP contribution in [0.4, 0.5) is 11.8 Å². The van der Waals surface area contributed by atoms with E-state index in [0.29, 0.717) is 17.0 Å². The number of aromatic nitrogens is 6. The van der Waals surface area contributed by atoms with E-state index >= 15 is 0 Å². The number of nitrogens with zero attached hydrogens (tertiary/aromatic N) is 4. The van der Waals surface area contributed by atoms with Crippen LogP contribution in [0.15, 0.2) is 41.6 Å². The van der Waals surface area contributed by atoms with Crippen LogP contribution < -0.4 is 10.9 Å². The molecular weight excluding hydrogens is 270 g/mol. The summed E-state index contributed by atoms with van der Waals surface area (Å²) in [4.78, 5) is 34.0. The maximum Gasteiger partial charge on any atom is 0.278 e. The molecule has 0 fully saturated rings. The molecule has 0 aliphatic rings. The van der Waals surface area contributed by atoms with Crippen molar-refractivity contribution in [3.05, 3.63) is 47.1 Å². The number of para-hydroxylation sites is 2. The number of anilines is 2. The molecule has 0 radical (unpaired) electrons. The zero-order valence-corrected chi connectivity index (χ0v) is 10.7. The topological polar surface area (TPSA) is 112 Å². The number of benzene rings is 1. The highest BCUT2D eigenvalue weighted by Crippen LogP contribution is 2.14. The van der Waals surface area contributed by atoms with Gasteiger partial charge in [-0.05, 0) is 12.1 Å². The maximum absolute atomic E-state index is 11.8. The summed E-state index contributed by atoms with van der Waals surface area (Å²) >= 11 is 0. The second kappa shape index (κ2) is 4.37. The first-order chi connectivity index (χ1) is 10.3. The molecule has 1 aromatic carbocycles. The van der Waals surface area contributed by atoms with E-state index in [2.05, 4.69) is 35.2 Å². The number of aromatic amines is 2. The number of nitrogens with one attached hydrogen (secondary N) is 3. The summed E-state index contributed by atoms with van der Waals surface area (Å²) in [6, 6.07) is 7.52. The van der Waals surface area contributed by atoms with E-state index in [9.17, 15) is 4.79 Å². The molecule has 0 aliphatic heterocycles. The molecule has 0 spiro atoms. The number of hydrogen-bond donors (Lipinski definition) is 3. The van der Waals surface area contributed by atoms with Gasteiger partial charge in [0.25, 0.3) is 5.56 Å². The van der Waals surface area contributed by atoms with E-state index in [0.717, 1.165) is 11.0 Å². The lowest BCUT2D eigenvalue weighted by Crippen LogP contribution is -2.11. The zero-order chi connectivity index (χ0) is 14.2. The third-order valence-corrected chi connectivity index (χ3v) is 2.99. The summed E-state index contributed by atoms with van der Waals surface area (Å²) in [6.07, 6.45) is 3.00. The third-order valence-electron chi connectivity index (χ3n) is 2.99. The number of hydrogen-bond acceptors (Lipinski definition) is 6. The van der Waals surface area contributed by atoms with Gasteiger partial charge in [0.15, 0.2) is 17.0 Å². The highest BCUT2D eigenvalue weighted by molar-refractivity contribution is 5.76. The smallest absolute Gasteiger partial charge is 0.278 e. The van der Waals surface area contributed by atoms with Crippen LogP contribution in [0.25, 0.3) is 22.2 Å². The van der Waals surface area contributed by atoms with Crippen LogP contribution in [0.2, 0.25) is 0 Å². The molecule has 8 heteroatoms. The van der Waals surface area contributed by atoms with Gasteiger partial charge in [0, 0.05) is 0 Å². The van der Waals surface area contributed by atoms with E-state index < -0.39 is 0 Å². The summed E-state index contributed by atoms with van der Waals surface area (Å²) in [5, 5.41) is 2.92. The molecule has 0 unspecified atom stereocenters. The minimum absolute atomic E-state index is 0.268. The van der Waals surface area contributed by atoms with Gasteiger partial charge in [-0.15, -0.1) is 0 Å². The zero-order valence-electron chi connectivity index (χ0n) is 10.7. The van der Waals surface area contributed by atoms with Crippen molar-refractivity contribution in [3.8, 4) is 0 Å². The normalized spacial score (nSPS) is 11.0. The molecule has 4 rings (SSSR count). The van der Waals surface area contributed by atoms with Crippen LogP contribution in [0.5, 0.6) is 0 Å². The summed E-state index contributed by atoms with van der Waals surface area (Å²) in [5.74, 6) is 0.760. The van der Waals surface area contributed by atoms with E-state index in [-0.39, 0.29) is 11.5 Å². The first-order valence-electron chi connectivity index (χ1n) is 6.22. The van der Waals surface area contributed by atoms with Crippen molar-refractivity contribution in [1.82, 2.24) is 29.9 Å². The Morgan fingerprint density at radius 3 is 2.81 bits per heavy atom. The molecule has 0 bridgehead atoms. The predicted octanol–water partition coefficient (Wildman–Crippen LogP) is 1.33. The summed E-state index contributed by atoms with van der Waals surface area (Å²) in [5.41, 5.74) is 1.94. The lowest BCUT2D eigenvalue weighted by molar-refractivity contribution is 1.14. The van der Waals surface area contributed by atoms with Crippen molar-refractivity contribution in [2.45, 2.75) is 0 Å². The lowest BCUT2D eigenvalue weighted by Gasteiger charge is -2.04. The molecule has 4 aromatic rings. The summed E-state index contributed by atoms with van der Waals surface area (Å²) in [6.45, 7) is 0. The molecule has 0 saturated carbocycles. The van der Waals surface area contributed by atoms with E-state index in [4.69, 9.17) is 0 Å². The minimum Gasteiger partial charge on any atom is -0.339 e. The van der Waals surface area contributed by atoms with E-state index in [1.807, 2.05) is 24.3 Å². The van der Waals surface area contributed by atoms with Gasteiger partial charge in [0.05, 0.1) is 23.6 Å². The number of imidazole rings is 1. The molecule has 3 aromatic heterocycles. The molecule has 0 amide bonds. The Bertz CT molecular complexity index is 1000. The largest absolute Gasteiger partial charge is 0.339 e. The van der Waals surface area contributed by atoms with Crippen molar-refractivity contribution >= 4 is 34.0 Å². The monoisotopic (exact) mass is 279 g/mol. The number of rotatable bonds is 2. The van der Waals surface area contributed by atoms with E-state index in [1.54, 1.807) is 6.20 Å². The fraction of sp³-hybridized carbons (Fsp3) is 0. The van der Waals surface area contributed by atoms with Crippen LogP contribution in [0.1, 0.15) is 0 Å². The van der Waals surface area contributed by atoms with E-state index in [1.165, 1.54) is 6.33 Å². The first-order valence-corrected chi connectivity index (χ1v) is 6.22. The Morgan fingerprint density at radius 1 is 1.05 bits per heavy atom. The van der Waals surface area contributed by atoms with Crippen molar-refractivity contribution in [1.29, 1.82) is 0 Å². The highest BCUT2D eigenvalue weighted by atomic mass is 16.1. The molecule has 0 saturated heterocycles. The predicted molar refractivity (Wildman–Crippen MR) is 77.3 cm³/mol. The molecule has 8 nitrogen and oxygen atoms in total. The average molecular weight is 279 g/mol. The number of fused-ring (bicyclic) bond motifs is 2. The van der Waals surface area contributed by atoms with Crippen molar-refractivity contribution in [3.63, 3.8) is 0 Å².